The van der Waals surface area contributed by atoms with Crippen molar-refractivity contribution < 1.29 is 24.1 Å². The second kappa shape index (κ2) is 7.86. The molecule has 0 bridgehead atoms. The maximum Gasteiger partial charge on any atom is 0.333 e. The summed E-state index contributed by atoms with van der Waals surface area (Å²) in [5, 5.41) is 19.9. The van der Waals surface area contributed by atoms with Gasteiger partial charge in [-0.25, -0.2) is 4.79 Å². The SMILES string of the molecule is CC[C@]1(CO)O[C@@H](n2cc(F)c(=O)n(Cc3ccc(OC)cc3)c2=O)C[C@@H]1O. The van der Waals surface area contributed by atoms with Crippen molar-refractivity contribution in [2.45, 2.75) is 44.2 Å². The number of ether oxygens (including phenoxy) is 2. The predicted molar refractivity (Wildman–Crippen MR) is 97.9 cm³/mol. The molecule has 0 unspecified atom stereocenters. The molecule has 8 nitrogen and oxygen atoms in total. The van der Waals surface area contributed by atoms with E-state index in [1.807, 2.05) is 0 Å². The van der Waals surface area contributed by atoms with Crippen molar-refractivity contribution in [1.82, 2.24) is 9.13 Å². The molecule has 1 fully saturated rings. The third kappa shape index (κ3) is 3.48. The van der Waals surface area contributed by atoms with Crippen LogP contribution >= 0.6 is 0 Å². The molecule has 9 heteroatoms. The molecule has 2 aromatic rings. The third-order valence-corrected chi connectivity index (χ3v) is 5.23. The smallest absolute Gasteiger partial charge is 0.333 e. The molecule has 3 rings (SSSR count). The van der Waals surface area contributed by atoms with Crippen LogP contribution in [0.3, 0.4) is 0 Å². The van der Waals surface area contributed by atoms with Crippen molar-refractivity contribution in [2.24, 2.45) is 0 Å². The number of halogens is 1. The Morgan fingerprint density at radius 1 is 1.32 bits per heavy atom. The van der Waals surface area contributed by atoms with Gasteiger partial charge in [0.1, 0.15) is 17.6 Å². The zero-order valence-electron chi connectivity index (χ0n) is 15.7. The molecule has 2 N–H and O–H groups in total. The highest BCUT2D eigenvalue weighted by Gasteiger charge is 2.47. The number of hydrogen-bond donors (Lipinski definition) is 2. The van der Waals surface area contributed by atoms with E-state index < -0.39 is 41.6 Å². The van der Waals surface area contributed by atoms with E-state index in [0.29, 0.717) is 17.7 Å². The normalized spacial score (nSPS) is 24.5. The zero-order chi connectivity index (χ0) is 20.5. The summed E-state index contributed by atoms with van der Waals surface area (Å²) in [5.41, 5.74) is -2.41. The van der Waals surface area contributed by atoms with Gasteiger partial charge in [0.05, 0.1) is 32.6 Å². The van der Waals surface area contributed by atoms with E-state index in [2.05, 4.69) is 0 Å². The summed E-state index contributed by atoms with van der Waals surface area (Å²) in [6.07, 6.45) is -0.926. The van der Waals surface area contributed by atoms with Gasteiger partial charge in [-0.3, -0.25) is 13.9 Å². The number of aromatic nitrogens is 2. The van der Waals surface area contributed by atoms with Crippen LogP contribution in [-0.4, -0.2) is 44.8 Å². The number of aliphatic hydroxyl groups excluding tert-OH is 2. The molecule has 3 atom stereocenters. The van der Waals surface area contributed by atoms with E-state index in [1.165, 1.54) is 7.11 Å². The van der Waals surface area contributed by atoms with E-state index >= 15 is 0 Å². The zero-order valence-corrected chi connectivity index (χ0v) is 15.7. The van der Waals surface area contributed by atoms with Gasteiger partial charge in [0, 0.05) is 6.42 Å². The first-order valence-electron chi connectivity index (χ1n) is 8.96. The van der Waals surface area contributed by atoms with E-state index in [0.717, 1.165) is 15.3 Å². The highest BCUT2D eigenvalue weighted by molar-refractivity contribution is 5.27. The van der Waals surface area contributed by atoms with Gasteiger partial charge in [-0.2, -0.15) is 4.39 Å². The summed E-state index contributed by atoms with van der Waals surface area (Å²) in [6, 6.07) is 6.68. The largest absolute Gasteiger partial charge is 0.497 e. The summed E-state index contributed by atoms with van der Waals surface area (Å²) in [5.74, 6) is -0.495. The van der Waals surface area contributed by atoms with E-state index in [1.54, 1.807) is 31.2 Å². The highest BCUT2D eigenvalue weighted by atomic mass is 19.1. The predicted octanol–water partition coefficient (Wildman–Crippen LogP) is 0.627. The van der Waals surface area contributed by atoms with Crippen molar-refractivity contribution in [3.63, 3.8) is 0 Å². The second-order valence-corrected chi connectivity index (χ2v) is 6.81. The Morgan fingerprint density at radius 2 is 2.00 bits per heavy atom. The Hall–Kier alpha value is -2.49. The quantitative estimate of drug-likeness (QED) is 0.745. The highest BCUT2D eigenvalue weighted by Crippen LogP contribution is 2.38. The van der Waals surface area contributed by atoms with Gasteiger partial charge in [0.25, 0.3) is 5.56 Å². The lowest BCUT2D eigenvalue weighted by molar-refractivity contribution is -0.130. The lowest BCUT2D eigenvalue weighted by atomic mass is 9.95. The first kappa shape index (κ1) is 20.2. The first-order valence-corrected chi connectivity index (χ1v) is 8.96. The molecule has 0 amide bonds. The Balaban J connectivity index is 1.98. The van der Waals surface area contributed by atoms with Crippen LogP contribution in [-0.2, 0) is 11.3 Å². The summed E-state index contributed by atoms with van der Waals surface area (Å²) in [7, 11) is 1.52. The molecule has 152 valence electrons. The first-order chi connectivity index (χ1) is 13.3. The monoisotopic (exact) mass is 394 g/mol. The topological polar surface area (TPSA) is 103 Å². The summed E-state index contributed by atoms with van der Waals surface area (Å²) in [4.78, 5) is 25.1. The molecule has 0 spiro atoms. The van der Waals surface area contributed by atoms with Crippen molar-refractivity contribution in [2.75, 3.05) is 13.7 Å². The fourth-order valence-corrected chi connectivity index (χ4v) is 3.39. The average Bonchev–Trinajstić information content (AvgIpc) is 3.05. The lowest BCUT2D eigenvalue weighted by Crippen LogP contribution is -2.44. The fourth-order valence-electron chi connectivity index (χ4n) is 3.39. The van der Waals surface area contributed by atoms with Crippen molar-refractivity contribution >= 4 is 0 Å². The number of methoxy groups -OCH3 is 1. The van der Waals surface area contributed by atoms with Crippen molar-refractivity contribution in [1.29, 1.82) is 0 Å². The number of nitrogens with zero attached hydrogens (tertiary/aromatic N) is 2. The molecule has 1 saturated heterocycles. The van der Waals surface area contributed by atoms with Crippen LogP contribution in [0.15, 0.2) is 40.1 Å². The summed E-state index contributed by atoms with van der Waals surface area (Å²) < 4.78 is 26.8. The van der Waals surface area contributed by atoms with Crippen LogP contribution in [0, 0.1) is 5.82 Å². The minimum atomic E-state index is -1.22. The maximum atomic E-state index is 14.3. The van der Waals surface area contributed by atoms with Gasteiger partial charge >= 0.3 is 5.69 Å². The molecular weight excluding hydrogens is 371 g/mol. The Bertz CT molecular complexity index is 948. The molecule has 1 aromatic heterocycles. The molecule has 1 aliphatic heterocycles. The molecule has 0 saturated carbocycles. The van der Waals surface area contributed by atoms with Gasteiger partial charge in [-0.05, 0) is 24.1 Å². The van der Waals surface area contributed by atoms with Crippen LogP contribution in [0.4, 0.5) is 4.39 Å². The van der Waals surface area contributed by atoms with Crippen molar-refractivity contribution in [3.8, 4) is 5.75 Å². The lowest BCUT2D eigenvalue weighted by Gasteiger charge is -2.28. The number of aliphatic hydroxyl groups is 2. The Morgan fingerprint density at radius 3 is 2.54 bits per heavy atom. The Kier molecular flexibility index (Phi) is 5.69. The summed E-state index contributed by atoms with van der Waals surface area (Å²) >= 11 is 0. The molecule has 2 heterocycles. The van der Waals surface area contributed by atoms with Gasteiger partial charge in [-0.1, -0.05) is 19.1 Å². The van der Waals surface area contributed by atoms with Gasteiger partial charge in [-0.15, -0.1) is 0 Å². The second-order valence-electron chi connectivity index (χ2n) is 6.81. The average molecular weight is 394 g/mol. The number of benzene rings is 1. The molecule has 0 aliphatic carbocycles. The van der Waals surface area contributed by atoms with Gasteiger partial charge < -0.3 is 19.7 Å². The van der Waals surface area contributed by atoms with Crippen LogP contribution in [0.2, 0.25) is 0 Å². The van der Waals surface area contributed by atoms with Crippen molar-refractivity contribution in [3.05, 3.63) is 62.7 Å². The Labute approximate surface area is 160 Å². The van der Waals surface area contributed by atoms with Gasteiger partial charge in [0.15, 0.2) is 0 Å². The van der Waals surface area contributed by atoms with Crippen LogP contribution in [0.25, 0.3) is 0 Å². The van der Waals surface area contributed by atoms with Gasteiger partial charge in [0.2, 0.25) is 5.82 Å². The van der Waals surface area contributed by atoms with Crippen LogP contribution in [0.1, 0.15) is 31.6 Å². The molecular formula is C19H23FN2O6. The molecule has 28 heavy (non-hydrogen) atoms. The van der Waals surface area contributed by atoms with E-state index in [9.17, 15) is 24.2 Å². The third-order valence-electron chi connectivity index (χ3n) is 5.23. The minimum Gasteiger partial charge on any atom is -0.497 e. The summed E-state index contributed by atoms with van der Waals surface area (Å²) in [6.45, 7) is 1.16. The molecule has 1 aliphatic rings. The fraction of sp³-hybridized carbons (Fsp3) is 0.474. The molecule has 1 aromatic carbocycles. The number of rotatable bonds is 6. The van der Waals surface area contributed by atoms with Crippen LogP contribution in [0.5, 0.6) is 5.75 Å². The standard InChI is InChI=1S/C19H23FN2O6/c1-3-19(11-23)15(24)8-16(28-19)21-10-14(20)17(25)22(18(21)26)9-12-4-6-13(27-2)7-5-12/h4-7,10,15-16,23-24H,3,8-9,11H2,1-2H3/t15-,16+,19+/m0/s1. The van der Waals surface area contributed by atoms with E-state index in [-0.39, 0.29) is 13.0 Å². The number of hydrogen-bond acceptors (Lipinski definition) is 6. The van der Waals surface area contributed by atoms with Crippen LogP contribution < -0.4 is 16.0 Å². The maximum absolute atomic E-state index is 14.3. The van der Waals surface area contributed by atoms with E-state index in [4.69, 9.17) is 9.47 Å². The minimum absolute atomic E-state index is 0.00547. The molecule has 0 radical (unpaired) electrons.